The van der Waals surface area contributed by atoms with E-state index in [1.165, 1.54) is 23.3 Å². The van der Waals surface area contributed by atoms with Crippen LogP contribution in [0.25, 0.3) is 16.0 Å². The molecule has 0 spiro atoms. The van der Waals surface area contributed by atoms with Gasteiger partial charge < -0.3 is 28.8 Å². The third kappa shape index (κ3) is 5.87. The summed E-state index contributed by atoms with van der Waals surface area (Å²) in [5.41, 5.74) is 1.43. The summed E-state index contributed by atoms with van der Waals surface area (Å²) in [6, 6.07) is 14.7. The van der Waals surface area contributed by atoms with Gasteiger partial charge in [-0.25, -0.2) is 4.98 Å². The minimum atomic E-state index is -1.01. The van der Waals surface area contributed by atoms with Crippen LogP contribution in [0.3, 0.4) is 0 Å². The molecular formula is C34H34N2O8S. The number of aromatic nitrogens is 1. The molecule has 45 heavy (non-hydrogen) atoms. The fourth-order valence-corrected chi connectivity index (χ4v) is 6.47. The van der Waals surface area contributed by atoms with E-state index in [1.54, 1.807) is 36.4 Å². The predicted molar refractivity (Wildman–Crippen MR) is 171 cm³/mol. The lowest BCUT2D eigenvalue weighted by Gasteiger charge is -2.24. The molecule has 1 amide bonds. The Morgan fingerprint density at radius 3 is 2.58 bits per heavy atom. The molecule has 2 aliphatic heterocycles. The number of Topliss-reactive ketones (excluding diaryl/α,β-unsaturated/α-hetero) is 1. The van der Waals surface area contributed by atoms with Gasteiger partial charge in [-0.2, -0.15) is 0 Å². The maximum atomic E-state index is 13.8. The average Bonchev–Trinajstić information content (AvgIpc) is 3.60. The van der Waals surface area contributed by atoms with Gasteiger partial charge in [0.05, 0.1) is 42.2 Å². The van der Waals surface area contributed by atoms with E-state index in [1.807, 2.05) is 25.1 Å². The Morgan fingerprint density at radius 1 is 0.978 bits per heavy atom. The van der Waals surface area contributed by atoms with Crippen LogP contribution in [0.1, 0.15) is 50.3 Å². The van der Waals surface area contributed by atoms with Gasteiger partial charge in [0.1, 0.15) is 24.7 Å². The SMILES string of the molecule is CCCCCOc1ccc(C2/C(=C(\O)c3ccc4c(c3)OCCO4)C(=O)C(=O)N2c2nc3ccc(OCC)cc3s2)cc1OC. The number of ketones is 1. The van der Waals surface area contributed by atoms with Crippen molar-refractivity contribution in [1.29, 1.82) is 0 Å². The highest BCUT2D eigenvalue weighted by Crippen LogP contribution is 2.46. The summed E-state index contributed by atoms with van der Waals surface area (Å²) in [6.07, 6.45) is 3.02. The van der Waals surface area contributed by atoms with Crippen molar-refractivity contribution in [2.75, 3.05) is 38.4 Å². The molecule has 10 nitrogen and oxygen atoms in total. The number of rotatable bonds is 11. The average molecular weight is 631 g/mol. The fourth-order valence-electron chi connectivity index (χ4n) is 5.45. The lowest BCUT2D eigenvalue weighted by Crippen LogP contribution is -2.29. The Morgan fingerprint density at radius 2 is 1.80 bits per heavy atom. The van der Waals surface area contributed by atoms with Crippen LogP contribution >= 0.6 is 11.3 Å². The van der Waals surface area contributed by atoms with Gasteiger partial charge >= 0.3 is 5.91 Å². The van der Waals surface area contributed by atoms with Crippen molar-refractivity contribution in [2.45, 2.75) is 39.2 Å². The zero-order chi connectivity index (χ0) is 31.5. The first-order valence-electron chi connectivity index (χ1n) is 15.0. The number of aliphatic hydroxyl groups excluding tert-OH is 1. The smallest absolute Gasteiger partial charge is 0.301 e. The van der Waals surface area contributed by atoms with Crippen LogP contribution in [-0.4, -0.2) is 55.3 Å². The molecule has 3 heterocycles. The van der Waals surface area contributed by atoms with Crippen molar-refractivity contribution in [3.8, 4) is 28.7 Å². The number of benzene rings is 3. The molecule has 0 bridgehead atoms. The summed E-state index contributed by atoms with van der Waals surface area (Å²) in [5.74, 6) is 0.674. The van der Waals surface area contributed by atoms with E-state index < -0.39 is 17.7 Å². The quantitative estimate of drug-likeness (QED) is 0.0839. The van der Waals surface area contributed by atoms with Gasteiger partial charge in [0.15, 0.2) is 28.1 Å². The summed E-state index contributed by atoms with van der Waals surface area (Å²) >= 11 is 1.26. The molecular weight excluding hydrogens is 596 g/mol. The lowest BCUT2D eigenvalue weighted by atomic mass is 9.95. The number of hydrogen-bond acceptors (Lipinski definition) is 10. The molecule has 0 saturated carbocycles. The number of thiazole rings is 1. The van der Waals surface area contributed by atoms with Crippen molar-refractivity contribution in [2.24, 2.45) is 0 Å². The van der Waals surface area contributed by atoms with E-state index in [0.29, 0.717) is 77.0 Å². The number of hydrogen-bond donors (Lipinski definition) is 1. The topological polar surface area (TPSA) is 117 Å². The van der Waals surface area contributed by atoms with Crippen molar-refractivity contribution >= 4 is 44.1 Å². The van der Waals surface area contributed by atoms with Crippen molar-refractivity contribution in [3.05, 3.63) is 71.3 Å². The Labute approximate surface area is 264 Å². The van der Waals surface area contributed by atoms with E-state index in [4.69, 9.17) is 28.7 Å². The molecule has 6 rings (SSSR count). The molecule has 234 valence electrons. The summed E-state index contributed by atoms with van der Waals surface area (Å²) < 4.78 is 29.4. The van der Waals surface area contributed by atoms with Crippen molar-refractivity contribution in [1.82, 2.24) is 4.98 Å². The first kappa shape index (κ1) is 30.3. The number of methoxy groups -OCH3 is 1. The molecule has 2 aliphatic rings. The van der Waals surface area contributed by atoms with E-state index in [2.05, 4.69) is 6.92 Å². The Hall–Kier alpha value is -4.77. The third-order valence-electron chi connectivity index (χ3n) is 7.63. The highest BCUT2D eigenvalue weighted by Gasteiger charge is 2.48. The molecule has 0 radical (unpaired) electrons. The number of anilines is 1. The molecule has 1 aromatic heterocycles. The van der Waals surface area contributed by atoms with Crippen molar-refractivity contribution in [3.63, 3.8) is 0 Å². The number of ether oxygens (including phenoxy) is 5. The van der Waals surface area contributed by atoms with Crippen LogP contribution in [0.15, 0.2) is 60.2 Å². The Kier molecular flexibility index (Phi) is 8.79. The number of amides is 1. The Balaban J connectivity index is 1.47. The minimum Gasteiger partial charge on any atom is -0.507 e. The van der Waals surface area contributed by atoms with Gasteiger partial charge in [-0.05, 0) is 67.4 Å². The summed E-state index contributed by atoms with van der Waals surface area (Å²) in [4.78, 5) is 33.7. The molecule has 1 atom stereocenters. The van der Waals surface area contributed by atoms with Crippen LogP contribution in [0.4, 0.5) is 5.13 Å². The zero-order valence-corrected chi connectivity index (χ0v) is 26.1. The maximum absolute atomic E-state index is 13.8. The number of fused-ring (bicyclic) bond motifs is 2. The van der Waals surface area contributed by atoms with Gasteiger partial charge in [-0.3, -0.25) is 14.5 Å². The molecule has 4 aromatic rings. The normalized spacial score (nSPS) is 17.1. The first-order valence-corrected chi connectivity index (χ1v) is 15.8. The van der Waals surface area contributed by atoms with Crippen molar-refractivity contribution < 1.29 is 38.4 Å². The van der Waals surface area contributed by atoms with Gasteiger partial charge in [0.25, 0.3) is 5.78 Å². The predicted octanol–water partition coefficient (Wildman–Crippen LogP) is 6.67. The summed E-state index contributed by atoms with van der Waals surface area (Å²) in [7, 11) is 1.54. The maximum Gasteiger partial charge on any atom is 0.301 e. The van der Waals surface area contributed by atoms with Gasteiger partial charge in [0, 0.05) is 5.56 Å². The van der Waals surface area contributed by atoms with E-state index in [0.717, 1.165) is 24.0 Å². The molecule has 1 saturated heterocycles. The molecule has 3 aromatic carbocycles. The standard InChI is InChI=1S/C34H34N2O8S/c1-4-6-7-14-42-24-12-8-20(17-26(24)40-3)30-29(31(37)21-9-13-25-27(18-21)44-16-15-43-25)32(38)33(39)36(30)34-35-23-11-10-22(41-5-2)19-28(23)45-34/h8-13,17-19,30,37H,4-7,14-16H2,1-3H3/b31-29+. The fraction of sp³-hybridized carbons (Fsp3) is 0.324. The summed E-state index contributed by atoms with van der Waals surface area (Å²) in [6.45, 7) is 5.83. The zero-order valence-electron chi connectivity index (χ0n) is 25.3. The van der Waals surface area contributed by atoms with E-state index in [9.17, 15) is 14.7 Å². The largest absolute Gasteiger partial charge is 0.507 e. The minimum absolute atomic E-state index is 0.0791. The Bertz CT molecular complexity index is 1780. The molecule has 0 aliphatic carbocycles. The molecule has 1 N–H and O–H groups in total. The number of nitrogens with zero attached hydrogens (tertiary/aromatic N) is 2. The van der Waals surface area contributed by atoms with Crippen LogP contribution in [0.5, 0.6) is 28.7 Å². The van der Waals surface area contributed by atoms with Crippen LogP contribution in [0, 0.1) is 0 Å². The van der Waals surface area contributed by atoms with Gasteiger partial charge in [-0.1, -0.05) is 37.2 Å². The van der Waals surface area contributed by atoms with Gasteiger partial charge in [-0.15, -0.1) is 0 Å². The highest BCUT2D eigenvalue weighted by atomic mass is 32.1. The molecule has 11 heteroatoms. The van der Waals surface area contributed by atoms with Crippen LogP contribution in [-0.2, 0) is 9.59 Å². The number of aliphatic hydroxyl groups is 1. The highest BCUT2D eigenvalue weighted by molar-refractivity contribution is 7.22. The van der Waals surface area contributed by atoms with E-state index >= 15 is 0 Å². The van der Waals surface area contributed by atoms with Crippen LogP contribution in [0.2, 0.25) is 0 Å². The lowest BCUT2D eigenvalue weighted by molar-refractivity contribution is -0.132. The first-order chi connectivity index (χ1) is 21.9. The molecule has 1 fully saturated rings. The second-order valence-electron chi connectivity index (χ2n) is 10.6. The second kappa shape index (κ2) is 13.1. The van der Waals surface area contributed by atoms with Crippen LogP contribution < -0.4 is 28.6 Å². The number of carbonyl (C=O) groups is 2. The van der Waals surface area contributed by atoms with E-state index in [-0.39, 0.29) is 11.3 Å². The monoisotopic (exact) mass is 630 g/mol. The van der Waals surface area contributed by atoms with Gasteiger partial charge in [0.2, 0.25) is 0 Å². The third-order valence-corrected chi connectivity index (χ3v) is 8.65. The number of unbranched alkanes of at least 4 members (excludes halogenated alkanes) is 2. The summed E-state index contributed by atoms with van der Waals surface area (Å²) in [5, 5.41) is 12.0. The number of carbonyl (C=O) groups excluding carboxylic acids is 2. The molecule has 1 unspecified atom stereocenters. The second-order valence-corrected chi connectivity index (χ2v) is 11.6.